The smallest absolute Gasteiger partial charge is 0.274 e. The molecule has 1 heterocycles. The summed E-state index contributed by atoms with van der Waals surface area (Å²) in [6.45, 7) is 7.91. The third kappa shape index (κ3) is 3.77. The molecular formula is C17H20ClN3O. The van der Waals surface area contributed by atoms with Gasteiger partial charge >= 0.3 is 0 Å². The van der Waals surface area contributed by atoms with Crippen molar-refractivity contribution in [3.05, 3.63) is 52.8 Å². The molecule has 116 valence electrons. The summed E-state index contributed by atoms with van der Waals surface area (Å²) in [5, 5.41) is 3.43. The number of anilines is 2. The van der Waals surface area contributed by atoms with Crippen molar-refractivity contribution in [2.75, 3.05) is 23.3 Å². The van der Waals surface area contributed by atoms with Gasteiger partial charge in [0, 0.05) is 23.8 Å². The first-order valence-electron chi connectivity index (χ1n) is 7.33. The summed E-state index contributed by atoms with van der Waals surface area (Å²) in [5.41, 5.74) is 3.03. The number of amides is 1. The number of rotatable bonds is 5. The van der Waals surface area contributed by atoms with Gasteiger partial charge in [0.25, 0.3) is 5.91 Å². The number of nitrogens with one attached hydrogen (secondary N) is 1. The number of carbonyl (C=O) groups excluding carboxylic acids is 1. The lowest BCUT2D eigenvalue weighted by Crippen LogP contribution is -2.22. The average Bonchev–Trinajstić information content (AvgIpc) is 2.53. The van der Waals surface area contributed by atoms with E-state index in [9.17, 15) is 4.79 Å². The number of halogens is 1. The molecular weight excluding hydrogens is 298 g/mol. The van der Waals surface area contributed by atoms with Gasteiger partial charge in [-0.2, -0.15) is 0 Å². The van der Waals surface area contributed by atoms with Gasteiger partial charge in [0.2, 0.25) is 0 Å². The topological polar surface area (TPSA) is 45.2 Å². The van der Waals surface area contributed by atoms with Crippen LogP contribution in [0.1, 0.15) is 29.9 Å². The molecule has 0 spiro atoms. The van der Waals surface area contributed by atoms with Crippen LogP contribution in [0.5, 0.6) is 0 Å². The Bertz CT molecular complexity index is 651. The largest absolute Gasteiger partial charge is 0.371 e. The van der Waals surface area contributed by atoms with Crippen molar-refractivity contribution in [2.24, 2.45) is 0 Å². The minimum Gasteiger partial charge on any atom is -0.371 e. The Morgan fingerprint density at radius 1 is 1.23 bits per heavy atom. The average molecular weight is 318 g/mol. The van der Waals surface area contributed by atoms with Crippen molar-refractivity contribution in [1.82, 2.24) is 4.98 Å². The van der Waals surface area contributed by atoms with E-state index in [4.69, 9.17) is 11.6 Å². The third-order valence-electron chi connectivity index (χ3n) is 3.54. The predicted octanol–water partition coefficient (Wildman–Crippen LogP) is 4.14. The van der Waals surface area contributed by atoms with E-state index in [0.717, 1.165) is 24.3 Å². The second-order valence-electron chi connectivity index (χ2n) is 4.99. The molecule has 1 aromatic carbocycles. The molecule has 0 saturated heterocycles. The highest BCUT2D eigenvalue weighted by Crippen LogP contribution is 2.20. The van der Waals surface area contributed by atoms with Gasteiger partial charge in [0.05, 0.1) is 11.9 Å². The highest BCUT2D eigenvalue weighted by Gasteiger charge is 2.10. The number of hydrogen-bond acceptors (Lipinski definition) is 3. The van der Waals surface area contributed by atoms with Crippen molar-refractivity contribution < 1.29 is 4.79 Å². The standard InChI is InChI=1S/C17H20ClN3O/c1-4-21(5-2)14-8-9-16(19-11-14)17(22)20-13-7-6-12(3)15(18)10-13/h6-11H,4-5H2,1-3H3,(H,20,22). The molecule has 5 heteroatoms. The van der Waals surface area contributed by atoms with Crippen LogP contribution < -0.4 is 10.2 Å². The number of aromatic nitrogens is 1. The summed E-state index contributed by atoms with van der Waals surface area (Å²) in [4.78, 5) is 18.6. The molecule has 0 aliphatic heterocycles. The molecule has 1 amide bonds. The molecule has 0 aliphatic rings. The molecule has 1 aromatic heterocycles. The highest BCUT2D eigenvalue weighted by atomic mass is 35.5. The van der Waals surface area contributed by atoms with Crippen molar-refractivity contribution in [3.63, 3.8) is 0 Å². The van der Waals surface area contributed by atoms with Crippen LogP contribution in [0.3, 0.4) is 0 Å². The maximum atomic E-state index is 12.2. The highest BCUT2D eigenvalue weighted by molar-refractivity contribution is 6.31. The van der Waals surface area contributed by atoms with Crippen molar-refractivity contribution >= 4 is 28.9 Å². The Hall–Kier alpha value is -2.07. The van der Waals surface area contributed by atoms with Crippen LogP contribution in [0.15, 0.2) is 36.5 Å². The zero-order valence-corrected chi connectivity index (χ0v) is 13.8. The van der Waals surface area contributed by atoms with E-state index in [0.29, 0.717) is 16.4 Å². The van der Waals surface area contributed by atoms with Gasteiger partial charge in [-0.3, -0.25) is 4.79 Å². The van der Waals surface area contributed by atoms with E-state index < -0.39 is 0 Å². The van der Waals surface area contributed by atoms with Gasteiger partial charge in [0.1, 0.15) is 5.69 Å². The Kier molecular flexibility index (Phi) is 5.39. The minimum absolute atomic E-state index is 0.244. The molecule has 0 aliphatic carbocycles. The van der Waals surface area contributed by atoms with E-state index in [1.807, 2.05) is 25.1 Å². The fourth-order valence-electron chi connectivity index (χ4n) is 2.16. The van der Waals surface area contributed by atoms with Crippen LogP contribution in [-0.4, -0.2) is 24.0 Å². The summed E-state index contributed by atoms with van der Waals surface area (Å²) in [7, 11) is 0. The molecule has 4 nitrogen and oxygen atoms in total. The third-order valence-corrected chi connectivity index (χ3v) is 3.95. The fraction of sp³-hybridized carbons (Fsp3) is 0.294. The second-order valence-corrected chi connectivity index (χ2v) is 5.40. The predicted molar refractivity (Wildman–Crippen MR) is 91.9 cm³/mol. The van der Waals surface area contributed by atoms with Gasteiger partial charge in [-0.15, -0.1) is 0 Å². The number of benzene rings is 1. The number of pyridine rings is 1. The molecule has 0 fully saturated rings. The molecule has 0 unspecified atom stereocenters. The van der Waals surface area contributed by atoms with Crippen LogP contribution in [0.25, 0.3) is 0 Å². The monoisotopic (exact) mass is 317 g/mol. The second kappa shape index (κ2) is 7.27. The lowest BCUT2D eigenvalue weighted by atomic mass is 10.2. The Morgan fingerprint density at radius 3 is 2.50 bits per heavy atom. The number of carbonyl (C=O) groups is 1. The number of nitrogens with zero attached hydrogens (tertiary/aromatic N) is 2. The number of aryl methyl sites for hydroxylation is 1. The van der Waals surface area contributed by atoms with Crippen LogP contribution in [-0.2, 0) is 0 Å². The molecule has 0 bridgehead atoms. The molecule has 0 radical (unpaired) electrons. The van der Waals surface area contributed by atoms with E-state index in [1.54, 1.807) is 18.3 Å². The fourth-order valence-corrected chi connectivity index (χ4v) is 2.34. The van der Waals surface area contributed by atoms with Crippen LogP contribution in [0.4, 0.5) is 11.4 Å². The SMILES string of the molecule is CCN(CC)c1ccc(C(=O)Nc2ccc(C)c(Cl)c2)nc1. The first-order chi connectivity index (χ1) is 10.5. The Balaban J connectivity index is 2.11. The Morgan fingerprint density at radius 2 is 1.95 bits per heavy atom. The summed E-state index contributed by atoms with van der Waals surface area (Å²) in [6, 6.07) is 9.08. The van der Waals surface area contributed by atoms with Crippen LogP contribution >= 0.6 is 11.6 Å². The molecule has 2 rings (SSSR count). The van der Waals surface area contributed by atoms with Crippen molar-refractivity contribution in [3.8, 4) is 0 Å². The van der Waals surface area contributed by atoms with Crippen molar-refractivity contribution in [1.29, 1.82) is 0 Å². The summed E-state index contributed by atoms with van der Waals surface area (Å²) >= 11 is 6.06. The molecule has 0 saturated carbocycles. The van der Waals surface area contributed by atoms with Gasteiger partial charge < -0.3 is 10.2 Å². The first-order valence-corrected chi connectivity index (χ1v) is 7.71. The molecule has 1 N–H and O–H groups in total. The lowest BCUT2D eigenvalue weighted by molar-refractivity contribution is 0.102. The zero-order chi connectivity index (χ0) is 16.1. The van der Waals surface area contributed by atoms with Crippen LogP contribution in [0.2, 0.25) is 5.02 Å². The maximum absolute atomic E-state index is 12.2. The molecule has 2 aromatic rings. The van der Waals surface area contributed by atoms with E-state index in [-0.39, 0.29) is 5.91 Å². The van der Waals surface area contributed by atoms with E-state index >= 15 is 0 Å². The summed E-state index contributed by atoms with van der Waals surface area (Å²) in [5.74, 6) is -0.244. The maximum Gasteiger partial charge on any atom is 0.274 e. The zero-order valence-electron chi connectivity index (χ0n) is 13.1. The molecule has 22 heavy (non-hydrogen) atoms. The summed E-state index contributed by atoms with van der Waals surface area (Å²) < 4.78 is 0. The van der Waals surface area contributed by atoms with Gasteiger partial charge in [-0.05, 0) is 50.6 Å². The van der Waals surface area contributed by atoms with Gasteiger partial charge in [0.15, 0.2) is 0 Å². The normalized spacial score (nSPS) is 10.4. The quantitative estimate of drug-likeness (QED) is 0.901. The lowest BCUT2D eigenvalue weighted by Gasteiger charge is -2.20. The van der Waals surface area contributed by atoms with Crippen molar-refractivity contribution in [2.45, 2.75) is 20.8 Å². The minimum atomic E-state index is -0.244. The first kappa shape index (κ1) is 16.3. The van der Waals surface area contributed by atoms with E-state index in [1.165, 1.54) is 0 Å². The van der Waals surface area contributed by atoms with Gasteiger partial charge in [-0.25, -0.2) is 4.98 Å². The summed E-state index contributed by atoms with van der Waals surface area (Å²) in [6.07, 6.45) is 1.73. The van der Waals surface area contributed by atoms with Crippen LogP contribution in [0, 0.1) is 6.92 Å². The molecule has 0 atom stereocenters. The Labute approximate surface area is 136 Å². The van der Waals surface area contributed by atoms with E-state index in [2.05, 4.69) is 29.0 Å². The van der Waals surface area contributed by atoms with Gasteiger partial charge in [-0.1, -0.05) is 17.7 Å². The number of hydrogen-bond donors (Lipinski definition) is 1.